The van der Waals surface area contributed by atoms with Crippen LogP contribution in [-0.2, 0) is 6.42 Å². The van der Waals surface area contributed by atoms with Crippen LogP contribution < -0.4 is 10.1 Å². The molecular formula is C12H15NOS. The first-order valence-corrected chi connectivity index (χ1v) is 6.51. The highest BCUT2D eigenvalue weighted by molar-refractivity contribution is 7.99. The normalized spacial score (nSPS) is 28.9. The van der Waals surface area contributed by atoms with Gasteiger partial charge in [-0.1, -0.05) is 6.07 Å². The fourth-order valence-electron chi connectivity index (χ4n) is 2.16. The molecule has 0 radical (unpaired) electrons. The molecule has 15 heavy (non-hydrogen) atoms. The zero-order chi connectivity index (χ0) is 10.3. The van der Waals surface area contributed by atoms with Crippen LogP contribution in [0.3, 0.4) is 0 Å². The van der Waals surface area contributed by atoms with Gasteiger partial charge in [-0.15, -0.1) is 11.8 Å². The highest BCUT2D eigenvalue weighted by Gasteiger charge is 2.23. The molecule has 1 aromatic rings. The van der Waals surface area contributed by atoms with E-state index in [1.807, 2.05) is 11.8 Å². The second-order valence-electron chi connectivity index (χ2n) is 4.25. The first-order chi connectivity index (χ1) is 7.33. The van der Waals surface area contributed by atoms with E-state index in [1.165, 1.54) is 16.9 Å². The summed E-state index contributed by atoms with van der Waals surface area (Å²) in [6.07, 6.45) is 1.07. The summed E-state index contributed by atoms with van der Waals surface area (Å²) in [5.74, 6) is 2.29. The Balaban J connectivity index is 1.87. The molecule has 2 nitrogen and oxygen atoms in total. The average Bonchev–Trinajstić information content (AvgIpc) is 2.84. The molecule has 0 spiro atoms. The molecule has 3 rings (SSSR count). The Morgan fingerprint density at radius 2 is 2.40 bits per heavy atom. The Morgan fingerprint density at radius 3 is 3.20 bits per heavy atom. The largest absolute Gasteiger partial charge is 0.493 e. The van der Waals surface area contributed by atoms with Crippen molar-refractivity contribution in [1.29, 1.82) is 0 Å². The summed E-state index contributed by atoms with van der Waals surface area (Å²) in [5.41, 5.74) is 2.77. The van der Waals surface area contributed by atoms with Crippen LogP contribution in [0.25, 0.3) is 0 Å². The maximum absolute atomic E-state index is 5.51. The Bertz CT molecular complexity index is 380. The molecule has 0 aliphatic carbocycles. The minimum Gasteiger partial charge on any atom is -0.493 e. The molecule has 1 fully saturated rings. The highest BCUT2D eigenvalue weighted by atomic mass is 32.2. The van der Waals surface area contributed by atoms with Crippen LogP contribution in [-0.4, -0.2) is 18.4 Å². The van der Waals surface area contributed by atoms with Gasteiger partial charge in [-0.25, -0.2) is 0 Å². The number of rotatable bonds is 1. The van der Waals surface area contributed by atoms with Gasteiger partial charge in [-0.05, 0) is 30.2 Å². The first-order valence-electron chi connectivity index (χ1n) is 5.46. The molecule has 3 heteroatoms. The monoisotopic (exact) mass is 221 g/mol. The summed E-state index contributed by atoms with van der Waals surface area (Å²) in [7, 11) is 0. The van der Waals surface area contributed by atoms with Crippen molar-refractivity contribution in [1.82, 2.24) is 5.32 Å². The van der Waals surface area contributed by atoms with Gasteiger partial charge in [0.2, 0.25) is 0 Å². The van der Waals surface area contributed by atoms with E-state index >= 15 is 0 Å². The van der Waals surface area contributed by atoms with E-state index in [0.717, 1.165) is 18.8 Å². The Kier molecular flexibility index (Phi) is 2.37. The third kappa shape index (κ3) is 1.74. The van der Waals surface area contributed by atoms with E-state index in [4.69, 9.17) is 4.74 Å². The first kappa shape index (κ1) is 9.55. The molecule has 0 saturated carbocycles. The predicted octanol–water partition coefficient (Wildman–Crippen LogP) is 2.34. The van der Waals surface area contributed by atoms with Gasteiger partial charge >= 0.3 is 0 Å². The number of hydrogen-bond donors (Lipinski definition) is 1. The third-order valence-corrected chi connectivity index (χ3v) is 4.40. The van der Waals surface area contributed by atoms with Crippen LogP contribution in [0.1, 0.15) is 23.4 Å². The Morgan fingerprint density at radius 1 is 1.47 bits per heavy atom. The van der Waals surface area contributed by atoms with Crippen molar-refractivity contribution >= 4 is 11.8 Å². The molecule has 0 aromatic heterocycles. The minimum atomic E-state index is 0.478. The van der Waals surface area contributed by atoms with Crippen LogP contribution in [0.15, 0.2) is 18.2 Å². The smallest absolute Gasteiger partial charge is 0.122 e. The van der Waals surface area contributed by atoms with Crippen molar-refractivity contribution in [2.45, 2.75) is 24.8 Å². The second kappa shape index (κ2) is 3.72. The predicted molar refractivity (Wildman–Crippen MR) is 63.4 cm³/mol. The summed E-state index contributed by atoms with van der Waals surface area (Å²) in [6, 6.07) is 7.23. The number of benzene rings is 1. The lowest BCUT2D eigenvalue weighted by Gasteiger charge is -2.12. The van der Waals surface area contributed by atoms with Gasteiger partial charge in [0, 0.05) is 18.2 Å². The van der Waals surface area contributed by atoms with Crippen LogP contribution in [0, 0.1) is 0 Å². The van der Waals surface area contributed by atoms with Crippen LogP contribution in [0.2, 0.25) is 0 Å². The van der Waals surface area contributed by atoms with E-state index in [1.54, 1.807) is 0 Å². The zero-order valence-corrected chi connectivity index (χ0v) is 9.64. The van der Waals surface area contributed by atoms with E-state index in [-0.39, 0.29) is 0 Å². The Hall–Kier alpha value is -0.670. The van der Waals surface area contributed by atoms with Crippen molar-refractivity contribution in [2.24, 2.45) is 0 Å². The fourth-order valence-corrected chi connectivity index (χ4v) is 3.40. The third-order valence-electron chi connectivity index (χ3n) is 2.97. The van der Waals surface area contributed by atoms with Crippen LogP contribution in [0.4, 0.5) is 0 Å². The van der Waals surface area contributed by atoms with Crippen LogP contribution >= 0.6 is 11.8 Å². The molecule has 0 bridgehead atoms. The standard InChI is InChI=1S/C12H15NOS/c1-8-7-15-12(13-8)10-2-3-11-9(6-10)4-5-14-11/h2-3,6,8,12-13H,4-5,7H2,1H3. The summed E-state index contributed by atoms with van der Waals surface area (Å²) in [4.78, 5) is 0. The van der Waals surface area contributed by atoms with E-state index in [0.29, 0.717) is 11.4 Å². The summed E-state index contributed by atoms with van der Waals surface area (Å²) >= 11 is 2.00. The molecule has 2 atom stereocenters. The maximum atomic E-state index is 5.51. The van der Waals surface area contributed by atoms with Crippen molar-refractivity contribution in [3.05, 3.63) is 29.3 Å². The van der Waals surface area contributed by atoms with Gasteiger partial charge < -0.3 is 4.74 Å². The summed E-state index contributed by atoms with van der Waals surface area (Å²) < 4.78 is 5.51. The van der Waals surface area contributed by atoms with Crippen molar-refractivity contribution < 1.29 is 4.74 Å². The number of thioether (sulfide) groups is 1. The fraction of sp³-hybridized carbons (Fsp3) is 0.500. The Labute approximate surface area is 94.4 Å². The molecule has 2 heterocycles. The zero-order valence-electron chi connectivity index (χ0n) is 8.82. The number of fused-ring (bicyclic) bond motifs is 1. The van der Waals surface area contributed by atoms with E-state index in [9.17, 15) is 0 Å². The van der Waals surface area contributed by atoms with Gasteiger partial charge in [0.1, 0.15) is 5.75 Å². The second-order valence-corrected chi connectivity index (χ2v) is 5.38. The van der Waals surface area contributed by atoms with Gasteiger partial charge in [0.05, 0.1) is 12.0 Å². The lowest BCUT2D eigenvalue weighted by molar-refractivity contribution is 0.357. The van der Waals surface area contributed by atoms with E-state index < -0.39 is 0 Å². The van der Waals surface area contributed by atoms with Gasteiger partial charge in [0.15, 0.2) is 0 Å². The lowest BCUT2D eigenvalue weighted by Crippen LogP contribution is -2.21. The lowest BCUT2D eigenvalue weighted by atomic mass is 10.1. The molecular weight excluding hydrogens is 206 g/mol. The number of nitrogens with one attached hydrogen (secondary N) is 1. The van der Waals surface area contributed by atoms with E-state index in [2.05, 4.69) is 30.4 Å². The quantitative estimate of drug-likeness (QED) is 0.786. The van der Waals surface area contributed by atoms with Crippen molar-refractivity contribution in [3.8, 4) is 5.75 Å². The van der Waals surface area contributed by atoms with Gasteiger partial charge in [-0.2, -0.15) is 0 Å². The molecule has 1 saturated heterocycles. The number of ether oxygens (including phenoxy) is 1. The minimum absolute atomic E-state index is 0.478. The SMILES string of the molecule is CC1CSC(c2ccc3c(c2)CCO3)N1. The molecule has 2 aliphatic heterocycles. The highest BCUT2D eigenvalue weighted by Crippen LogP contribution is 2.35. The van der Waals surface area contributed by atoms with Crippen molar-refractivity contribution in [2.75, 3.05) is 12.4 Å². The molecule has 1 N–H and O–H groups in total. The summed E-state index contributed by atoms with van der Waals surface area (Å²) in [5, 5.41) is 4.06. The van der Waals surface area contributed by atoms with Gasteiger partial charge in [0.25, 0.3) is 0 Å². The molecule has 80 valence electrons. The molecule has 1 aromatic carbocycles. The summed E-state index contributed by atoms with van der Waals surface area (Å²) in [6.45, 7) is 3.09. The number of hydrogen-bond acceptors (Lipinski definition) is 3. The molecule has 2 aliphatic rings. The molecule has 2 unspecified atom stereocenters. The van der Waals surface area contributed by atoms with Crippen LogP contribution in [0.5, 0.6) is 5.75 Å². The maximum Gasteiger partial charge on any atom is 0.122 e. The average molecular weight is 221 g/mol. The molecule has 0 amide bonds. The van der Waals surface area contributed by atoms with Gasteiger partial charge in [-0.3, -0.25) is 5.32 Å². The van der Waals surface area contributed by atoms with Crippen molar-refractivity contribution in [3.63, 3.8) is 0 Å². The topological polar surface area (TPSA) is 21.3 Å².